The molecule has 1 aliphatic heterocycles. The Kier molecular flexibility index (Phi) is 5.13. The van der Waals surface area contributed by atoms with Crippen molar-refractivity contribution in [3.8, 4) is 5.75 Å². The molecular formula is C14H21NO4. The molecule has 1 saturated heterocycles. The van der Waals surface area contributed by atoms with Crippen molar-refractivity contribution in [2.24, 2.45) is 0 Å². The molecule has 2 heterocycles. The van der Waals surface area contributed by atoms with Crippen LogP contribution in [0, 0.1) is 6.92 Å². The molecule has 0 amide bonds. The van der Waals surface area contributed by atoms with E-state index in [0.29, 0.717) is 18.1 Å². The fraction of sp³-hybridized carbons (Fsp3) is 0.643. The number of nitrogens with zero attached hydrogens (tertiary/aromatic N) is 1. The summed E-state index contributed by atoms with van der Waals surface area (Å²) in [6, 6.07) is 1.85. The Bertz CT molecular complexity index is 391. The zero-order valence-electron chi connectivity index (χ0n) is 11.5. The molecule has 1 atom stereocenters. The van der Waals surface area contributed by atoms with Crippen LogP contribution in [0.5, 0.6) is 5.75 Å². The van der Waals surface area contributed by atoms with Gasteiger partial charge in [-0.15, -0.1) is 0 Å². The first-order valence-corrected chi connectivity index (χ1v) is 6.62. The van der Waals surface area contributed by atoms with Gasteiger partial charge in [0, 0.05) is 23.9 Å². The van der Waals surface area contributed by atoms with Crippen LogP contribution in [0.25, 0.3) is 0 Å². The van der Waals surface area contributed by atoms with E-state index in [9.17, 15) is 5.11 Å². The van der Waals surface area contributed by atoms with Crippen molar-refractivity contribution in [3.63, 3.8) is 0 Å². The quantitative estimate of drug-likeness (QED) is 0.883. The third-order valence-corrected chi connectivity index (χ3v) is 3.22. The Hall–Kier alpha value is -1.17. The summed E-state index contributed by atoms with van der Waals surface area (Å²) < 4.78 is 16.6. The maximum atomic E-state index is 9.39. The van der Waals surface area contributed by atoms with Crippen molar-refractivity contribution in [1.29, 1.82) is 0 Å². The molecule has 5 heteroatoms. The first kappa shape index (κ1) is 14.2. The molecule has 19 heavy (non-hydrogen) atoms. The highest BCUT2D eigenvalue weighted by atomic mass is 16.7. The topological polar surface area (TPSA) is 60.8 Å². The van der Waals surface area contributed by atoms with Gasteiger partial charge in [0.15, 0.2) is 6.29 Å². The number of hydrogen-bond acceptors (Lipinski definition) is 5. The summed E-state index contributed by atoms with van der Waals surface area (Å²) >= 11 is 0. The molecule has 1 fully saturated rings. The summed E-state index contributed by atoms with van der Waals surface area (Å²) in [4.78, 5) is 4.31. The van der Waals surface area contributed by atoms with Crippen LogP contribution in [0.15, 0.2) is 6.07 Å². The Balaban J connectivity index is 2.09. The highest BCUT2D eigenvalue weighted by molar-refractivity contribution is 5.37. The first-order valence-electron chi connectivity index (χ1n) is 6.62. The number of aliphatic hydroxyl groups excluding tert-OH is 1. The molecule has 1 aromatic heterocycles. The van der Waals surface area contributed by atoms with E-state index in [-0.39, 0.29) is 12.9 Å². The second-order valence-corrected chi connectivity index (χ2v) is 4.66. The number of aromatic nitrogens is 1. The van der Waals surface area contributed by atoms with Gasteiger partial charge in [-0.1, -0.05) is 0 Å². The van der Waals surface area contributed by atoms with Gasteiger partial charge in [-0.05, 0) is 26.2 Å². The lowest BCUT2D eigenvalue weighted by Gasteiger charge is -2.23. The molecule has 0 aromatic carbocycles. The highest BCUT2D eigenvalue weighted by Crippen LogP contribution is 2.25. The molecule has 2 rings (SSSR count). The van der Waals surface area contributed by atoms with Crippen LogP contribution in [0.3, 0.4) is 0 Å². The third-order valence-electron chi connectivity index (χ3n) is 3.22. The molecule has 1 aromatic rings. The number of aryl methyl sites for hydroxylation is 1. The van der Waals surface area contributed by atoms with E-state index in [1.54, 1.807) is 7.11 Å². The summed E-state index contributed by atoms with van der Waals surface area (Å²) in [5.74, 6) is 0.701. The van der Waals surface area contributed by atoms with Gasteiger partial charge in [0.2, 0.25) is 0 Å². The zero-order valence-corrected chi connectivity index (χ0v) is 11.5. The van der Waals surface area contributed by atoms with Gasteiger partial charge in [0.1, 0.15) is 5.75 Å². The number of rotatable bonds is 5. The van der Waals surface area contributed by atoms with Crippen LogP contribution in [0.1, 0.15) is 36.2 Å². The molecule has 5 nitrogen and oxygen atoms in total. The molecule has 106 valence electrons. The molecule has 0 spiro atoms. The average molecular weight is 267 g/mol. The second-order valence-electron chi connectivity index (χ2n) is 4.66. The van der Waals surface area contributed by atoms with Crippen molar-refractivity contribution in [2.75, 3.05) is 13.7 Å². The molecule has 0 radical (unpaired) electrons. The van der Waals surface area contributed by atoms with E-state index >= 15 is 0 Å². The minimum Gasteiger partial charge on any atom is -0.496 e. The van der Waals surface area contributed by atoms with Crippen LogP contribution >= 0.6 is 0 Å². The summed E-state index contributed by atoms with van der Waals surface area (Å²) in [6.45, 7) is 2.84. The van der Waals surface area contributed by atoms with E-state index < -0.39 is 0 Å². The lowest BCUT2D eigenvalue weighted by molar-refractivity contribution is -0.169. The molecular weight excluding hydrogens is 246 g/mol. The van der Waals surface area contributed by atoms with Crippen molar-refractivity contribution in [3.05, 3.63) is 23.0 Å². The van der Waals surface area contributed by atoms with Gasteiger partial charge in [0.25, 0.3) is 0 Å². The second kappa shape index (κ2) is 6.84. The lowest BCUT2D eigenvalue weighted by atomic mass is 10.1. The van der Waals surface area contributed by atoms with E-state index in [1.807, 2.05) is 13.0 Å². The van der Waals surface area contributed by atoms with Gasteiger partial charge in [-0.2, -0.15) is 0 Å². The van der Waals surface area contributed by atoms with Gasteiger partial charge >= 0.3 is 0 Å². The Labute approximate surface area is 113 Å². The first-order chi connectivity index (χ1) is 9.24. The zero-order chi connectivity index (χ0) is 13.7. The maximum absolute atomic E-state index is 9.39. The van der Waals surface area contributed by atoms with E-state index in [0.717, 1.165) is 37.1 Å². The summed E-state index contributed by atoms with van der Waals surface area (Å²) in [5.41, 5.74) is 2.22. The van der Waals surface area contributed by atoms with Gasteiger partial charge in [-0.3, -0.25) is 4.98 Å². The average Bonchev–Trinajstić information content (AvgIpc) is 2.46. The number of hydrogen-bond donors (Lipinski definition) is 1. The van der Waals surface area contributed by atoms with Crippen molar-refractivity contribution < 1.29 is 19.3 Å². The standard InChI is InChI=1S/C14H21NO4/c1-10-7-13(17-2)11(12(8-16)15-10)9-19-14-5-3-4-6-18-14/h7,14,16H,3-6,8-9H2,1-2H3. The number of ether oxygens (including phenoxy) is 3. The smallest absolute Gasteiger partial charge is 0.158 e. The number of pyridine rings is 1. The van der Waals surface area contributed by atoms with Gasteiger partial charge in [-0.25, -0.2) is 0 Å². The molecule has 1 aliphatic rings. The van der Waals surface area contributed by atoms with Crippen molar-refractivity contribution >= 4 is 0 Å². The van der Waals surface area contributed by atoms with Crippen LogP contribution in [-0.4, -0.2) is 30.1 Å². The normalized spacial score (nSPS) is 19.4. The Morgan fingerprint density at radius 3 is 2.95 bits per heavy atom. The van der Waals surface area contributed by atoms with Crippen molar-refractivity contribution in [1.82, 2.24) is 4.98 Å². The van der Waals surface area contributed by atoms with Gasteiger partial charge < -0.3 is 19.3 Å². The molecule has 0 aliphatic carbocycles. The predicted octanol–water partition coefficient (Wildman–Crippen LogP) is 1.93. The molecule has 0 bridgehead atoms. The summed E-state index contributed by atoms with van der Waals surface area (Å²) in [6.07, 6.45) is 2.97. The van der Waals surface area contributed by atoms with E-state index in [1.165, 1.54) is 0 Å². The summed E-state index contributed by atoms with van der Waals surface area (Å²) in [5, 5.41) is 9.39. The SMILES string of the molecule is COc1cc(C)nc(CO)c1COC1CCCCO1. The number of aliphatic hydroxyl groups is 1. The molecule has 1 unspecified atom stereocenters. The van der Waals surface area contributed by atoms with Crippen LogP contribution < -0.4 is 4.74 Å². The summed E-state index contributed by atoms with van der Waals surface area (Å²) in [7, 11) is 1.61. The number of methoxy groups -OCH3 is 1. The largest absolute Gasteiger partial charge is 0.496 e. The Morgan fingerprint density at radius 1 is 1.47 bits per heavy atom. The monoisotopic (exact) mass is 267 g/mol. The Morgan fingerprint density at radius 2 is 2.32 bits per heavy atom. The molecule has 1 N–H and O–H groups in total. The maximum Gasteiger partial charge on any atom is 0.158 e. The van der Waals surface area contributed by atoms with Crippen LogP contribution in [-0.2, 0) is 22.7 Å². The fourth-order valence-electron chi connectivity index (χ4n) is 2.22. The minimum absolute atomic E-state index is 0.123. The fourth-order valence-corrected chi connectivity index (χ4v) is 2.22. The van der Waals surface area contributed by atoms with E-state index in [2.05, 4.69) is 4.98 Å². The van der Waals surface area contributed by atoms with E-state index in [4.69, 9.17) is 14.2 Å². The predicted molar refractivity (Wildman–Crippen MR) is 69.8 cm³/mol. The van der Waals surface area contributed by atoms with Crippen molar-refractivity contribution in [2.45, 2.75) is 45.7 Å². The van der Waals surface area contributed by atoms with Crippen LogP contribution in [0.2, 0.25) is 0 Å². The van der Waals surface area contributed by atoms with Crippen LogP contribution in [0.4, 0.5) is 0 Å². The highest BCUT2D eigenvalue weighted by Gasteiger charge is 2.17. The van der Waals surface area contributed by atoms with Gasteiger partial charge in [0.05, 0.1) is 26.0 Å². The lowest BCUT2D eigenvalue weighted by Crippen LogP contribution is -2.22. The molecule has 0 saturated carbocycles. The minimum atomic E-state index is -0.161. The third kappa shape index (κ3) is 3.65.